The Morgan fingerprint density at radius 3 is 2.80 bits per heavy atom. The number of fused-ring (bicyclic) bond motifs is 1. The van der Waals surface area contributed by atoms with Crippen LogP contribution in [0.25, 0.3) is 11.3 Å². The molecule has 0 aliphatic carbocycles. The summed E-state index contributed by atoms with van der Waals surface area (Å²) in [6.07, 6.45) is 1.57. The molecule has 4 rings (SSSR count). The van der Waals surface area contributed by atoms with E-state index in [1.807, 2.05) is 48.5 Å². The van der Waals surface area contributed by atoms with Crippen molar-refractivity contribution in [3.05, 3.63) is 65.9 Å². The van der Waals surface area contributed by atoms with E-state index in [0.29, 0.717) is 17.9 Å². The van der Waals surface area contributed by atoms with Crippen LogP contribution >= 0.6 is 0 Å². The predicted octanol–water partition coefficient (Wildman–Crippen LogP) is 3.08. The molecule has 1 aliphatic heterocycles. The minimum absolute atomic E-state index is 0.0923. The normalized spacial score (nSPS) is 12.2. The van der Waals surface area contributed by atoms with Crippen LogP contribution in [0.2, 0.25) is 0 Å². The topological polar surface area (TPSA) is 67.5 Å². The van der Waals surface area contributed by atoms with E-state index in [1.165, 1.54) is 0 Å². The van der Waals surface area contributed by atoms with Gasteiger partial charge in [0.15, 0.2) is 11.5 Å². The lowest BCUT2D eigenvalue weighted by Crippen LogP contribution is -2.26. The van der Waals surface area contributed by atoms with E-state index >= 15 is 0 Å². The van der Waals surface area contributed by atoms with Gasteiger partial charge in [-0.25, -0.2) is 0 Å². The van der Waals surface area contributed by atoms with Crippen LogP contribution in [-0.2, 0) is 6.54 Å². The number of H-pyrrole nitrogens is 1. The first-order chi connectivity index (χ1) is 12.2. The highest BCUT2D eigenvalue weighted by Gasteiger charge is 2.20. The number of aromatic nitrogens is 2. The summed E-state index contributed by atoms with van der Waals surface area (Å²) in [7, 11) is 1.77. The van der Waals surface area contributed by atoms with Crippen LogP contribution in [0.1, 0.15) is 15.9 Å². The lowest BCUT2D eigenvalue weighted by atomic mass is 10.1. The number of ether oxygens (including phenoxy) is 2. The fourth-order valence-corrected chi connectivity index (χ4v) is 2.86. The molecule has 0 unspecified atom stereocenters. The third-order valence-electron chi connectivity index (χ3n) is 4.14. The lowest BCUT2D eigenvalue weighted by molar-refractivity contribution is 0.0786. The molecule has 1 amide bonds. The Kier molecular flexibility index (Phi) is 3.85. The van der Waals surface area contributed by atoms with Crippen molar-refractivity contribution in [1.29, 1.82) is 0 Å². The quantitative estimate of drug-likeness (QED) is 0.796. The fraction of sp³-hybridized carbons (Fsp3) is 0.158. The van der Waals surface area contributed by atoms with Crippen molar-refractivity contribution >= 4 is 5.91 Å². The Hall–Kier alpha value is -3.28. The third kappa shape index (κ3) is 2.94. The highest BCUT2D eigenvalue weighted by atomic mass is 16.7. The molecule has 0 saturated heterocycles. The monoisotopic (exact) mass is 335 g/mol. The van der Waals surface area contributed by atoms with Crippen molar-refractivity contribution in [3.8, 4) is 22.8 Å². The Morgan fingerprint density at radius 1 is 1.16 bits per heavy atom. The average Bonchev–Trinajstić information content (AvgIpc) is 3.30. The first-order valence-electron chi connectivity index (χ1n) is 7.95. The van der Waals surface area contributed by atoms with Crippen LogP contribution in [0.3, 0.4) is 0 Å². The molecule has 0 atom stereocenters. The fourth-order valence-electron chi connectivity index (χ4n) is 2.86. The Labute approximate surface area is 145 Å². The molecule has 126 valence electrons. The molecular weight excluding hydrogens is 318 g/mol. The molecule has 2 aromatic carbocycles. The highest BCUT2D eigenvalue weighted by molar-refractivity contribution is 5.99. The van der Waals surface area contributed by atoms with Gasteiger partial charge in [0.25, 0.3) is 5.91 Å². The zero-order chi connectivity index (χ0) is 17.2. The van der Waals surface area contributed by atoms with Gasteiger partial charge >= 0.3 is 0 Å². The number of nitrogens with one attached hydrogen (secondary N) is 1. The van der Waals surface area contributed by atoms with Gasteiger partial charge in [-0.05, 0) is 17.7 Å². The van der Waals surface area contributed by atoms with Gasteiger partial charge in [0, 0.05) is 19.2 Å². The standard InChI is InChI=1S/C19H17N3O3/c1-22(11-13-7-8-16-17(9-13)25-12-24-16)19(23)15-10-20-21-18(15)14-5-3-2-4-6-14/h2-10H,11-12H2,1H3,(H,20,21). The van der Waals surface area contributed by atoms with Crippen LogP contribution in [0.15, 0.2) is 54.7 Å². The largest absolute Gasteiger partial charge is 0.454 e. The summed E-state index contributed by atoms with van der Waals surface area (Å²) in [4.78, 5) is 14.5. The SMILES string of the molecule is CN(Cc1ccc2c(c1)OCO2)C(=O)c1cn[nH]c1-c1ccccc1. The summed E-state index contributed by atoms with van der Waals surface area (Å²) >= 11 is 0. The lowest BCUT2D eigenvalue weighted by Gasteiger charge is -2.17. The number of hydrogen-bond donors (Lipinski definition) is 1. The molecule has 6 heteroatoms. The van der Waals surface area contributed by atoms with E-state index in [0.717, 1.165) is 22.6 Å². The number of aromatic amines is 1. The van der Waals surface area contributed by atoms with Crippen molar-refractivity contribution in [2.75, 3.05) is 13.8 Å². The summed E-state index contributed by atoms with van der Waals surface area (Å²) in [6.45, 7) is 0.706. The molecule has 1 aromatic heterocycles. The molecule has 1 N–H and O–H groups in total. The Bertz CT molecular complexity index is 905. The van der Waals surface area contributed by atoms with Crippen molar-refractivity contribution in [2.24, 2.45) is 0 Å². The maximum atomic E-state index is 12.8. The van der Waals surface area contributed by atoms with Gasteiger partial charge in [0.05, 0.1) is 17.5 Å². The van der Waals surface area contributed by atoms with Crippen LogP contribution < -0.4 is 9.47 Å². The number of hydrogen-bond acceptors (Lipinski definition) is 4. The number of nitrogens with zero attached hydrogens (tertiary/aromatic N) is 2. The summed E-state index contributed by atoms with van der Waals surface area (Å²) in [6, 6.07) is 15.4. The Balaban J connectivity index is 1.54. The van der Waals surface area contributed by atoms with E-state index in [1.54, 1.807) is 18.1 Å². The van der Waals surface area contributed by atoms with Crippen molar-refractivity contribution in [1.82, 2.24) is 15.1 Å². The molecule has 0 radical (unpaired) electrons. The minimum atomic E-state index is -0.0923. The molecule has 1 aliphatic rings. The van der Waals surface area contributed by atoms with E-state index in [4.69, 9.17) is 9.47 Å². The van der Waals surface area contributed by atoms with Crippen LogP contribution in [-0.4, -0.2) is 34.8 Å². The molecule has 6 nitrogen and oxygen atoms in total. The summed E-state index contributed by atoms with van der Waals surface area (Å²) in [5.41, 5.74) is 3.18. The first kappa shape index (κ1) is 15.3. The van der Waals surface area contributed by atoms with Gasteiger partial charge in [-0.2, -0.15) is 5.10 Å². The van der Waals surface area contributed by atoms with Gasteiger partial charge in [0.2, 0.25) is 6.79 Å². The van der Waals surface area contributed by atoms with Crippen molar-refractivity contribution in [3.63, 3.8) is 0 Å². The van der Waals surface area contributed by atoms with Crippen LogP contribution in [0, 0.1) is 0 Å². The molecule has 0 bridgehead atoms. The number of benzene rings is 2. The van der Waals surface area contributed by atoms with Crippen LogP contribution in [0.5, 0.6) is 11.5 Å². The smallest absolute Gasteiger partial charge is 0.257 e. The molecule has 25 heavy (non-hydrogen) atoms. The second-order valence-corrected chi connectivity index (χ2v) is 5.87. The molecule has 0 spiro atoms. The van der Waals surface area contributed by atoms with Gasteiger partial charge in [-0.15, -0.1) is 0 Å². The van der Waals surface area contributed by atoms with Gasteiger partial charge in [0.1, 0.15) is 0 Å². The van der Waals surface area contributed by atoms with Gasteiger partial charge < -0.3 is 14.4 Å². The minimum Gasteiger partial charge on any atom is -0.454 e. The highest BCUT2D eigenvalue weighted by Crippen LogP contribution is 2.33. The zero-order valence-corrected chi connectivity index (χ0v) is 13.7. The van der Waals surface area contributed by atoms with Crippen molar-refractivity contribution < 1.29 is 14.3 Å². The van der Waals surface area contributed by atoms with Gasteiger partial charge in [-0.1, -0.05) is 36.4 Å². The zero-order valence-electron chi connectivity index (χ0n) is 13.7. The molecule has 3 aromatic rings. The first-order valence-corrected chi connectivity index (χ1v) is 7.95. The summed E-state index contributed by atoms with van der Waals surface area (Å²) < 4.78 is 10.7. The summed E-state index contributed by atoms with van der Waals surface area (Å²) in [5, 5.41) is 6.97. The van der Waals surface area contributed by atoms with Gasteiger partial charge in [-0.3, -0.25) is 9.89 Å². The number of amides is 1. The second kappa shape index (κ2) is 6.32. The van der Waals surface area contributed by atoms with Crippen LogP contribution in [0.4, 0.5) is 0 Å². The maximum Gasteiger partial charge on any atom is 0.257 e. The molecule has 2 heterocycles. The summed E-state index contributed by atoms with van der Waals surface area (Å²) in [5.74, 6) is 1.36. The maximum absolute atomic E-state index is 12.8. The number of rotatable bonds is 4. The molecule has 0 saturated carbocycles. The Morgan fingerprint density at radius 2 is 1.96 bits per heavy atom. The molecule has 0 fully saturated rings. The second-order valence-electron chi connectivity index (χ2n) is 5.87. The van der Waals surface area contributed by atoms with E-state index in [-0.39, 0.29) is 12.7 Å². The predicted molar refractivity (Wildman–Crippen MR) is 92.4 cm³/mol. The van der Waals surface area contributed by atoms with Crippen molar-refractivity contribution in [2.45, 2.75) is 6.54 Å². The van der Waals surface area contributed by atoms with E-state index < -0.39 is 0 Å². The third-order valence-corrected chi connectivity index (χ3v) is 4.14. The van der Waals surface area contributed by atoms with E-state index in [2.05, 4.69) is 10.2 Å². The van der Waals surface area contributed by atoms with E-state index in [9.17, 15) is 4.79 Å². The average molecular weight is 335 g/mol. The molecular formula is C19H17N3O3. The number of carbonyl (C=O) groups excluding carboxylic acids is 1. The number of carbonyl (C=O) groups is 1.